The van der Waals surface area contributed by atoms with Crippen molar-refractivity contribution >= 4 is 33.2 Å². The van der Waals surface area contributed by atoms with E-state index in [0.717, 1.165) is 12.0 Å². The van der Waals surface area contributed by atoms with E-state index in [1.165, 1.54) is 56.6 Å². The Morgan fingerprint density at radius 1 is 1.30 bits per heavy atom. The molecule has 3 rings (SSSR count). The summed E-state index contributed by atoms with van der Waals surface area (Å²) in [6, 6.07) is 4.34. The lowest BCUT2D eigenvalue weighted by Gasteiger charge is -2.21. The summed E-state index contributed by atoms with van der Waals surface area (Å²) in [7, 11) is 0. The summed E-state index contributed by atoms with van der Waals surface area (Å²) in [5, 5.41) is 17.9. The maximum atomic E-state index is 13.4. The fraction of sp³-hybridized carbons (Fsp3) is 0.400. The van der Waals surface area contributed by atoms with Crippen LogP contribution < -0.4 is 5.48 Å². The first-order chi connectivity index (χ1) is 13.1. The minimum Gasteiger partial charge on any atom is -0.472 e. The number of hydrogen-bond acceptors (Lipinski definition) is 4. The molecule has 0 amide bonds. The third kappa shape index (κ3) is 5.26. The Hall–Kier alpha value is -1.99. The Labute approximate surface area is 166 Å². The lowest BCUT2D eigenvalue weighted by atomic mass is 9.84. The maximum absolute atomic E-state index is 13.4. The zero-order valence-corrected chi connectivity index (χ0v) is 16.6. The van der Waals surface area contributed by atoms with Crippen molar-refractivity contribution in [2.75, 3.05) is 0 Å². The quantitative estimate of drug-likeness (QED) is 0.305. The first-order valence-corrected chi connectivity index (χ1v) is 9.91. The molecule has 0 radical (unpaired) electrons. The van der Waals surface area contributed by atoms with Gasteiger partial charge in [0.15, 0.2) is 5.84 Å². The van der Waals surface area contributed by atoms with Crippen LogP contribution in [0.2, 0.25) is 0 Å². The number of aliphatic imine (C=N–C) groups is 1. The van der Waals surface area contributed by atoms with Gasteiger partial charge in [0, 0.05) is 17.7 Å². The standard InChI is InChI=1S/C20H23BrFN3O2/c21-18-10-16(6-7-19(18)22)24-20(25-26)17-12-27-11-14(17)9-15(23)8-13-4-2-1-3-5-13/h6-7,10-13,23,26H,1-5,8-9H2,(H,24,25). The summed E-state index contributed by atoms with van der Waals surface area (Å²) in [5.41, 5.74) is 4.61. The lowest BCUT2D eigenvalue weighted by Crippen LogP contribution is -2.21. The van der Waals surface area contributed by atoms with Crippen LogP contribution in [-0.2, 0) is 6.42 Å². The van der Waals surface area contributed by atoms with Crippen molar-refractivity contribution in [2.45, 2.75) is 44.9 Å². The van der Waals surface area contributed by atoms with Gasteiger partial charge < -0.3 is 9.83 Å². The van der Waals surface area contributed by atoms with E-state index < -0.39 is 0 Å². The molecular weight excluding hydrogens is 413 g/mol. The molecule has 5 nitrogen and oxygen atoms in total. The number of rotatable bonds is 6. The van der Waals surface area contributed by atoms with Crippen LogP contribution in [-0.4, -0.2) is 16.8 Å². The highest BCUT2D eigenvalue weighted by atomic mass is 79.9. The fourth-order valence-electron chi connectivity index (χ4n) is 3.54. The van der Waals surface area contributed by atoms with Gasteiger partial charge in [-0.25, -0.2) is 9.38 Å². The van der Waals surface area contributed by atoms with Gasteiger partial charge in [0.25, 0.3) is 0 Å². The smallest absolute Gasteiger partial charge is 0.160 e. The van der Waals surface area contributed by atoms with Crippen LogP contribution in [0.4, 0.5) is 10.1 Å². The van der Waals surface area contributed by atoms with E-state index in [9.17, 15) is 9.60 Å². The van der Waals surface area contributed by atoms with Gasteiger partial charge in [-0.15, -0.1) is 0 Å². The molecule has 1 heterocycles. The Balaban J connectivity index is 1.74. The number of nitrogens with zero attached hydrogens (tertiary/aromatic N) is 1. The Kier molecular flexibility index (Phi) is 6.79. The zero-order valence-electron chi connectivity index (χ0n) is 15.0. The van der Waals surface area contributed by atoms with Gasteiger partial charge in [0.05, 0.1) is 22.0 Å². The van der Waals surface area contributed by atoms with Gasteiger partial charge in [-0.1, -0.05) is 32.1 Å². The molecule has 0 spiro atoms. The molecule has 0 saturated heterocycles. The predicted octanol–water partition coefficient (Wildman–Crippen LogP) is 5.77. The second-order valence-corrected chi connectivity index (χ2v) is 7.82. The topological polar surface area (TPSA) is 81.6 Å². The highest BCUT2D eigenvalue weighted by molar-refractivity contribution is 9.10. The van der Waals surface area contributed by atoms with Crippen LogP contribution in [0.25, 0.3) is 0 Å². The summed E-state index contributed by atoms with van der Waals surface area (Å²) < 4.78 is 19.0. The SMILES string of the molecule is N=C(Cc1cocc1C(=Nc1ccc(F)c(Br)c1)NO)CC1CCCCC1. The number of amidine groups is 1. The van der Waals surface area contributed by atoms with Gasteiger partial charge in [-0.3, -0.25) is 10.7 Å². The molecular formula is C20H23BrFN3O2. The van der Waals surface area contributed by atoms with Crippen molar-refractivity contribution in [1.82, 2.24) is 5.48 Å². The van der Waals surface area contributed by atoms with Gasteiger partial charge in [0.1, 0.15) is 12.1 Å². The van der Waals surface area contributed by atoms with E-state index in [0.29, 0.717) is 33.8 Å². The molecule has 1 saturated carbocycles. The summed E-state index contributed by atoms with van der Waals surface area (Å²) >= 11 is 3.13. The van der Waals surface area contributed by atoms with Crippen molar-refractivity contribution in [3.05, 3.63) is 52.1 Å². The minimum absolute atomic E-state index is 0.197. The molecule has 1 aromatic carbocycles. The van der Waals surface area contributed by atoms with Gasteiger partial charge in [-0.2, -0.15) is 0 Å². The number of hydrogen-bond donors (Lipinski definition) is 3. The first kappa shape index (κ1) is 19.8. The van der Waals surface area contributed by atoms with Gasteiger partial charge in [0.2, 0.25) is 0 Å². The predicted molar refractivity (Wildman–Crippen MR) is 107 cm³/mol. The summed E-state index contributed by atoms with van der Waals surface area (Å²) in [6.07, 6.45) is 10.5. The lowest BCUT2D eigenvalue weighted by molar-refractivity contribution is 0.235. The average molecular weight is 436 g/mol. The Morgan fingerprint density at radius 2 is 2.07 bits per heavy atom. The zero-order chi connectivity index (χ0) is 19.2. The third-order valence-corrected chi connectivity index (χ3v) is 5.52. The van der Waals surface area contributed by atoms with Crippen LogP contribution in [0.3, 0.4) is 0 Å². The molecule has 1 aromatic heterocycles. The summed E-state index contributed by atoms with van der Waals surface area (Å²) in [6.45, 7) is 0. The highest BCUT2D eigenvalue weighted by Crippen LogP contribution is 2.28. The van der Waals surface area contributed by atoms with Crippen molar-refractivity contribution < 1.29 is 14.0 Å². The number of nitrogens with one attached hydrogen (secondary N) is 2. The second kappa shape index (κ2) is 9.28. The van der Waals surface area contributed by atoms with Crippen molar-refractivity contribution in [2.24, 2.45) is 10.9 Å². The summed E-state index contributed by atoms with van der Waals surface area (Å²) in [5.74, 6) is 0.414. The van der Waals surface area contributed by atoms with E-state index in [1.54, 1.807) is 6.26 Å². The van der Waals surface area contributed by atoms with E-state index >= 15 is 0 Å². The maximum Gasteiger partial charge on any atom is 0.160 e. The normalized spacial score (nSPS) is 15.7. The van der Waals surface area contributed by atoms with Gasteiger partial charge >= 0.3 is 0 Å². The number of furan rings is 1. The van der Waals surface area contributed by atoms with Crippen molar-refractivity contribution in [3.63, 3.8) is 0 Å². The molecule has 144 valence electrons. The molecule has 27 heavy (non-hydrogen) atoms. The van der Waals surface area contributed by atoms with E-state index in [1.807, 2.05) is 0 Å². The molecule has 0 atom stereocenters. The van der Waals surface area contributed by atoms with Crippen LogP contribution in [0, 0.1) is 17.1 Å². The third-order valence-electron chi connectivity index (χ3n) is 4.91. The van der Waals surface area contributed by atoms with Gasteiger partial charge in [-0.05, 0) is 46.5 Å². The van der Waals surface area contributed by atoms with Crippen molar-refractivity contribution in [3.8, 4) is 0 Å². The molecule has 0 bridgehead atoms. The Morgan fingerprint density at radius 3 is 2.78 bits per heavy atom. The highest BCUT2D eigenvalue weighted by Gasteiger charge is 2.18. The molecule has 2 aromatic rings. The van der Waals surface area contributed by atoms with E-state index in [4.69, 9.17) is 9.83 Å². The second-order valence-electron chi connectivity index (χ2n) is 6.97. The molecule has 1 fully saturated rings. The molecule has 1 aliphatic carbocycles. The van der Waals surface area contributed by atoms with Crippen LogP contribution >= 0.6 is 15.9 Å². The van der Waals surface area contributed by atoms with Crippen LogP contribution in [0.15, 0.2) is 44.6 Å². The molecule has 3 N–H and O–H groups in total. The first-order valence-electron chi connectivity index (χ1n) is 9.12. The van der Waals surface area contributed by atoms with Crippen LogP contribution in [0.5, 0.6) is 0 Å². The Bertz CT molecular complexity index is 828. The molecule has 0 unspecified atom stereocenters. The summed E-state index contributed by atoms with van der Waals surface area (Å²) in [4.78, 5) is 4.33. The fourth-order valence-corrected chi connectivity index (χ4v) is 3.91. The van der Waals surface area contributed by atoms with Crippen LogP contribution in [0.1, 0.15) is 49.7 Å². The molecule has 1 aliphatic rings. The number of halogens is 2. The minimum atomic E-state index is -0.382. The molecule has 7 heteroatoms. The largest absolute Gasteiger partial charge is 0.472 e. The number of hydroxylamine groups is 1. The number of benzene rings is 1. The average Bonchev–Trinajstić information content (AvgIpc) is 3.11. The van der Waals surface area contributed by atoms with E-state index in [-0.39, 0.29) is 11.7 Å². The van der Waals surface area contributed by atoms with E-state index in [2.05, 4.69) is 26.4 Å². The van der Waals surface area contributed by atoms with Crippen molar-refractivity contribution in [1.29, 1.82) is 5.41 Å². The molecule has 0 aliphatic heterocycles. The monoisotopic (exact) mass is 435 g/mol.